The Balaban J connectivity index is 1.58. The van der Waals surface area contributed by atoms with E-state index in [9.17, 15) is 0 Å². The maximum absolute atomic E-state index is 5.53. The highest BCUT2D eigenvalue weighted by Crippen LogP contribution is 2.35. The Hall–Kier alpha value is -1.26. The average molecular weight is 263 g/mol. The lowest BCUT2D eigenvalue weighted by Gasteiger charge is -2.28. The molecule has 2 aliphatic rings. The van der Waals surface area contributed by atoms with E-state index in [4.69, 9.17) is 14.2 Å². The maximum Gasteiger partial charge on any atom is 0.231 e. The molecule has 1 N–H and O–H groups in total. The third-order valence-electron chi connectivity index (χ3n) is 4.07. The van der Waals surface area contributed by atoms with Crippen LogP contribution in [0.5, 0.6) is 11.5 Å². The molecule has 2 heterocycles. The lowest BCUT2D eigenvalue weighted by atomic mass is 9.93. The van der Waals surface area contributed by atoms with E-state index < -0.39 is 0 Å². The van der Waals surface area contributed by atoms with Crippen LogP contribution in [0.25, 0.3) is 0 Å². The van der Waals surface area contributed by atoms with Crippen LogP contribution in [0.1, 0.15) is 25.3 Å². The molecule has 0 aliphatic carbocycles. The molecule has 0 radical (unpaired) electrons. The van der Waals surface area contributed by atoms with Crippen LogP contribution in [0, 0.1) is 5.92 Å². The Morgan fingerprint density at radius 2 is 2.11 bits per heavy atom. The summed E-state index contributed by atoms with van der Waals surface area (Å²) in [7, 11) is 0. The molecule has 3 rings (SSSR count). The Morgan fingerprint density at radius 3 is 2.95 bits per heavy atom. The van der Waals surface area contributed by atoms with Crippen LogP contribution < -0.4 is 14.8 Å². The van der Waals surface area contributed by atoms with Gasteiger partial charge in [-0.2, -0.15) is 0 Å². The second-order valence-electron chi connectivity index (χ2n) is 5.27. The minimum absolute atomic E-state index is 0.335. The van der Waals surface area contributed by atoms with Crippen molar-refractivity contribution in [1.29, 1.82) is 0 Å². The van der Waals surface area contributed by atoms with Crippen molar-refractivity contribution in [2.24, 2.45) is 5.92 Å². The molecule has 0 saturated carbocycles. The van der Waals surface area contributed by atoms with E-state index in [2.05, 4.69) is 18.3 Å². The topological polar surface area (TPSA) is 39.7 Å². The first kappa shape index (κ1) is 12.8. The van der Waals surface area contributed by atoms with Gasteiger partial charge in [0.2, 0.25) is 6.79 Å². The molecule has 19 heavy (non-hydrogen) atoms. The van der Waals surface area contributed by atoms with Gasteiger partial charge < -0.3 is 19.5 Å². The minimum atomic E-state index is 0.335. The number of rotatable bonds is 4. The van der Waals surface area contributed by atoms with E-state index in [1.54, 1.807) is 0 Å². The van der Waals surface area contributed by atoms with Crippen LogP contribution in [-0.2, 0) is 11.3 Å². The summed E-state index contributed by atoms with van der Waals surface area (Å²) in [6.07, 6.45) is 2.31. The zero-order chi connectivity index (χ0) is 13.1. The van der Waals surface area contributed by atoms with Crippen LogP contribution in [0.3, 0.4) is 0 Å². The van der Waals surface area contributed by atoms with E-state index in [1.165, 1.54) is 5.56 Å². The maximum atomic E-state index is 5.53. The molecular formula is C15H21NO3. The van der Waals surface area contributed by atoms with Crippen LogP contribution in [0.2, 0.25) is 0 Å². The highest BCUT2D eigenvalue weighted by atomic mass is 16.7. The van der Waals surface area contributed by atoms with Crippen molar-refractivity contribution in [3.63, 3.8) is 0 Å². The Bertz CT molecular complexity index is 429. The van der Waals surface area contributed by atoms with Crippen molar-refractivity contribution >= 4 is 0 Å². The minimum Gasteiger partial charge on any atom is -0.454 e. The number of hydrogen-bond acceptors (Lipinski definition) is 4. The van der Waals surface area contributed by atoms with Crippen LogP contribution in [0.4, 0.5) is 0 Å². The van der Waals surface area contributed by atoms with E-state index in [-0.39, 0.29) is 0 Å². The molecule has 1 atom stereocenters. The number of benzene rings is 1. The summed E-state index contributed by atoms with van der Waals surface area (Å²) >= 11 is 0. The number of para-hydroxylation sites is 1. The molecule has 1 aromatic rings. The molecule has 1 unspecified atom stereocenters. The summed E-state index contributed by atoms with van der Waals surface area (Å²) in [4.78, 5) is 0. The summed E-state index contributed by atoms with van der Waals surface area (Å²) in [5.41, 5.74) is 1.17. The second-order valence-corrected chi connectivity index (χ2v) is 5.27. The number of nitrogens with one attached hydrogen (secondary N) is 1. The van der Waals surface area contributed by atoms with Gasteiger partial charge >= 0.3 is 0 Å². The van der Waals surface area contributed by atoms with Gasteiger partial charge in [0.05, 0.1) is 0 Å². The van der Waals surface area contributed by atoms with Gasteiger partial charge in [0, 0.05) is 31.4 Å². The van der Waals surface area contributed by atoms with Crippen molar-refractivity contribution in [2.75, 3.05) is 20.0 Å². The van der Waals surface area contributed by atoms with E-state index in [0.29, 0.717) is 18.8 Å². The summed E-state index contributed by atoms with van der Waals surface area (Å²) in [5.74, 6) is 2.47. The van der Waals surface area contributed by atoms with Gasteiger partial charge in [0.1, 0.15) is 0 Å². The molecule has 0 spiro atoms. The molecule has 4 heteroatoms. The summed E-state index contributed by atoms with van der Waals surface area (Å²) < 4.78 is 16.3. The first-order chi connectivity index (χ1) is 9.34. The number of fused-ring (bicyclic) bond motifs is 1. The summed E-state index contributed by atoms with van der Waals surface area (Å²) in [5, 5.41) is 3.61. The third kappa shape index (κ3) is 2.85. The average Bonchev–Trinajstić information content (AvgIpc) is 2.94. The fourth-order valence-electron chi connectivity index (χ4n) is 2.78. The largest absolute Gasteiger partial charge is 0.454 e. The molecule has 1 fully saturated rings. The lowest BCUT2D eigenvalue weighted by molar-refractivity contribution is 0.0557. The Morgan fingerprint density at radius 1 is 1.26 bits per heavy atom. The second kappa shape index (κ2) is 5.80. The van der Waals surface area contributed by atoms with Gasteiger partial charge in [0.15, 0.2) is 11.5 Å². The van der Waals surface area contributed by atoms with E-state index in [0.717, 1.165) is 44.1 Å². The quantitative estimate of drug-likeness (QED) is 0.905. The van der Waals surface area contributed by atoms with Crippen molar-refractivity contribution in [3.8, 4) is 11.5 Å². The SMILES string of the molecule is CC(NCc1cccc2c1OCO2)C1CCOCC1. The molecule has 1 saturated heterocycles. The highest BCUT2D eigenvalue weighted by Gasteiger charge is 2.21. The fraction of sp³-hybridized carbons (Fsp3) is 0.600. The fourth-order valence-corrected chi connectivity index (χ4v) is 2.78. The molecule has 4 nitrogen and oxygen atoms in total. The zero-order valence-electron chi connectivity index (χ0n) is 11.4. The normalized spacial score (nSPS) is 20.5. The van der Waals surface area contributed by atoms with Gasteiger partial charge in [-0.1, -0.05) is 12.1 Å². The molecule has 0 amide bonds. The smallest absolute Gasteiger partial charge is 0.231 e. The third-order valence-corrected chi connectivity index (χ3v) is 4.07. The Labute approximate surface area is 114 Å². The zero-order valence-corrected chi connectivity index (χ0v) is 11.4. The molecule has 0 aromatic heterocycles. The van der Waals surface area contributed by atoms with Gasteiger partial charge in [-0.25, -0.2) is 0 Å². The van der Waals surface area contributed by atoms with Gasteiger partial charge in [-0.15, -0.1) is 0 Å². The Kier molecular flexibility index (Phi) is 3.89. The van der Waals surface area contributed by atoms with E-state index in [1.807, 2.05) is 12.1 Å². The molecule has 104 valence electrons. The standard InChI is InChI=1S/C15H21NO3/c1-11(12-5-7-17-8-6-12)16-9-13-3-2-4-14-15(13)19-10-18-14/h2-4,11-12,16H,5-10H2,1H3. The van der Waals surface area contributed by atoms with Gasteiger partial charge in [-0.05, 0) is 31.7 Å². The first-order valence-corrected chi connectivity index (χ1v) is 7.03. The monoisotopic (exact) mass is 263 g/mol. The predicted octanol–water partition coefficient (Wildman–Crippen LogP) is 2.32. The molecule has 0 bridgehead atoms. The van der Waals surface area contributed by atoms with Gasteiger partial charge in [0.25, 0.3) is 0 Å². The predicted molar refractivity (Wildman–Crippen MR) is 72.4 cm³/mol. The number of hydrogen-bond donors (Lipinski definition) is 1. The lowest BCUT2D eigenvalue weighted by Crippen LogP contribution is -2.36. The van der Waals surface area contributed by atoms with Crippen LogP contribution in [0.15, 0.2) is 18.2 Å². The highest BCUT2D eigenvalue weighted by molar-refractivity contribution is 5.48. The van der Waals surface area contributed by atoms with E-state index >= 15 is 0 Å². The van der Waals surface area contributed by atoms with Gasteiger partial charge in [-0.3, -0.25) is 0 Å². The van der Waals surface area contributed by atoms with Crippen molar-refractivity contribution < 1.29 is 14.2 Å². The summed E-state index contributed by atoms with van der Waals surface area (Å²) in [6.45, 7) is 5.21. The molecule has 1 aromatic carbocycles. The summed E-state index contributed by atoms with van der Waals surface area (Å²) in [6, 6.07) is 6.57. The van der Waals surface area contributed by atoms with Crippen molar-refractivity contribution in [3.05, 3.63) is 23.8 Å². The van der Waals surface area contributed by atoms with Crippen LogP contribution in [-0.4, -0.2) is 26.0 Å². The molecular weight excluding hydrogens is 242 g/mol. The first-order valence-electron chi connectivity index (χ1n) is 7.03. The molecule has 2 aliphatic heterocycles. The van der Waals surface area contributed by atoms with Crippen LogP contribution >= 0.6 is 0 Å². The van der Waals surface area contributed by atoms with Crippen molar-refractivity contribution in [1.82, 2.24) is 5.32 Å². The van der Waals surface area contributed by atoms with Crippen molar-refractivity contribution in [2.45, 2.75) is 32.4 Å². The number of ether oxygens (including phenoxy) is 3.